The number of hydrogen-bond donors (Lipinski definition) is 1. The van der Waals surface area contributed by atoms with Crippen LogP contribution in [0.4, 0.5) is 4.79 Å². The normalized spacial score (nSPS) is 14.9. The molecule has 1 heterocycles. The van der Waals surface area contributed by atoms with Crippen LogP contribution < -0.4 is 4.74 Å². The Balaban J connectivity index is 1.37. The zero-order valence-corrected chi connectivity index (χ0v) is 15.9. The van der Waals surface area contributed by atoms with Crippen molar-refractivity contribution in [1.82, 2.24) is 9.80 Å². The third kappa shape index (κ3) is 6.00. The van der Waals surface area contributed by atoms with Gasteiger partial charge in [-0.1, -0.05) is 42.0 Å². The molecule has 0 radical (unpaired) electrons. The van der Waals surface area contributed by atoms with E-state index in [9.17, 15) is 4.79 Å². The predicted octanol–water partition coefficient (Wildman–Crippen LogP) is 3.80. The van der Waals surface area contributed by atoms with E-state index in [4.69, 9.17) is 9.84 Å². The van der Waals surface area contributed by atoms with Crippen LogP contribution >= 0.6 is 0 Å². The number of hydrogen-bond acceptors (Lipinski definition) is 3. The topological polar surface area (TPSA) is 53.0 Å². The van der Waals surface area contributed by atoms with Crippen LogP contribution in [0.5, 0.6) is 5.75 Å². The molecule has 1 saturated heterocycles. The second kappa shape index (κ2) is 9.42. The van der Waals surface area contributed by atoms with Crippen LogP contribution in [-0.2, 0) is 13.0 Å². The van der Waals surface area contributed by atoms with Gasteiger partial charge in [0.25, 0.3) is 0 Å². The summed E-state index contributed by atoms with van der Waals surface area (Å²) >= 11 is 0. The van der Waals surface area contributed by atoms with E-state index in [1.807, 2.05) is 12.1 Å². The molecule has 0 aliphatic carbocycles. The molecule has 144 valence electrons. The van der Waals surface area contributed by atoms with Crippen molar-refractivity contribution in [3.63, 3.8) is 0 Å². The summed E-state index contributed by atoms with van der Waals surface area (Å²) in [5.41, 5.74) is 3.84. The molecule has 5 nitrogen and oxygen atoms in total. The van der Waals surface area contributed by atoms with E-state index in [1.54, 1.807) is 0 Å². The zero-order valence-electron chi connectivity index (χ0n) is 15.9. The molecule has 0 spiro atoms. The van der Waals surface area contributed by atoms with Crippen molar-refractivity contribution in [1.29, 1.82) is 0 Å². The molecule has 1 N–H and O–H groups in total. The lowest BCUT2D eigenvalue weighted by atomic mass is 10.1. The van der Waals surface area contributed by atoms with Crippen molar-refractivity contribution in [3.8, 4) is 5.75 Å². The summed E-state index contributed by atoms with van der Waals surface area (Å²) in [6, 6.07) is 16.9. The molecule has 0 unspecified atom stereocenters. The molecule has 0 saturated carbocycles. The van der Waals surface area contributed by atoms with Gasteiger partial charge in [-0.3, -0.25) is 4.90 Å². The fourth-order valence-corrected chi connectivity index (χ4v) is 3.27. The van der Waals surface area contributed by atoms with E-state index < -0.39 is 6.09 Å². The van der Waals surface area contributed by atoms with E-state index in [2.05, 4.69) is 48.2 Å². The Bertz CT molecular complexity index is 720. The predicted molar refractivity (Wildman–Crippen MR) is 106 cm³/mol. The SMILES string of the molecule is Cc1ccc(OCCCc2ccc(CN3CCN(C(=O)O)CC3)cc2)cc1. The van der Waals surface area contributed by atoms with Gasteiger partial charge in [0.2, 0.25) is 0 Å². The minimum absolute atomic E-state index is 0.592. The fourth-order valence-electron chi connectivity index (χ4n) is 3.27. The summed E-state index contributed by atoms with van der Waals surface area (Å²) in [7, 11) is 0. The molecule has 0 atom stereocenters. The van der Waals surface area contributed by atoms with Crippen molar-refractivity contribution in [2.24, 2.45) is 0 Å². The Morgan fingerprint density at radius 2 is 1.59 bits per heavy atom. The van der Waals surface area contributed by atoms with E-state index in [-0.39, 0.29) is 0 Å². The number of piperazine rings is 1. The largest absolute Gasteiger partial charge is 0.494 e. The molecule has 1 fully saturated rings. The van der Waals surface area contributed by atoms with Gasteiger partial charge in [0.15, 0.2) is 0 Å². The van der Waals surface area contributed by atoms with Crippen molar-refractivity contribution in [2.75, 3.05) is 32.8 Å². The van der Waals surface area contributed by atoms with Gasteiger partial charge in [0.05, 0.1) is 6.61 Å². The summed E-state index contributed by atoms with van der Waals surface area (Å²) in [5, 5.41) is 9.01. The maximum Gasteiger partial charge on any atom is 0.407 e. The van der Waals surface area contributed by atoms with Gasteiger partial charge in [-0.05, 0) is 43.0 Å². The quantitative estimate of drug-likeness (QED) is 0.755. The van der Waals surface area contributed by atoms with Crippen molar-refractivity contribution in [2.45, 2.75) is 26.3 Å². The number of rotatable bonds is 7. The number of ether oxygens (including phenoxy) is 1. The number of carbonyl (C=O) groups is 1. The molecule has 0 bridgehead atoms. The van der Waals surface area contributed by atoms with Crippen LogP contribution in [0.1, 0.15) is 23.1 Å². The molecular formula is C22H28N2O3. The smallest absolute Gasteiger partial charge is 0.407 e. The third-order valence-corrected chi connectivity index (χ3v) is 4.97. The second-order valence-corrected chi connectivity index (χ2v) is 7.13. The minimum atomic E-state index is -0.814. The molecule has 5 heteroatoms. The van der Waals surface area contributed by atoms with Crippen LogP contribution in [0.2, 0.25) is 0 Å². The Morgan fingerprint density at radius 1 is 0.963 bits per heavy atom. The molecule has 2 aromatic carbocycles. The Hall–Kier alpha value is -2.53. The Labute approximate surface area is 161 Å². The maximum absolute atomic E-state index is 11.0. The summed E-state index contributed by atoms with van der Waals surface area (Å²) < 4.78 is 5.78. The second-order valence-electron chi connectivity index (χ2n) is 7.13. The minimum Gasteiger partial charge on any atom is -0.494 e. The lowest BCUT2D eigenvalue weighted by Gasteiger charge is -2.33. The Morgan fingerprint density at radius 3 is 2.22 bits per heavy atom. The number of carboxylic acid groups (broad SMARTS) is 1. The van der Waals surface area contributed by atoms with Crippen molar-refractivity contribution >= 4 is 6.09 Å². The first-order valence-electron chi connectivity index (χ1n) is 9.58. The monoisotopic (exact) mass is 368 g/mol. The third-order valence-electron chi connectivity index (χ3n) is 4.97. The standard InChI is InChI=1S/C22H28N2O3/c1-18-4-10-21(11-5-18)27-16-2-3-19-6-8-20(9-7-19)17-23-12-14-24(15-13-23)22(25)26/h4-11H,2-3,12-17H2,1H3,(H,25,26). The van der Waals surface area contributed by atoms with Crippen LogP contribution in [0.15, 0.2) is 48.5 Å². The summed E-state index contributed by atoms with van der Waals surface area (Å²) in [4.78, 5) is 14.8. The number of aryl methyl sites for hydroxylation is 2. The van der Waals surface area contributed by atoms with E-state index in [0.717, 1.165) is 44.8 Å². The highest BCUT2D eigenvalue weighted by atomic mass is 16.5. The molecule has 1 aliphatic rings. The van der Waals surface area contributed by atoms with E-state index >= 15 is 0 Å². The highest BCUT2D eigenvalue weighted by Gasteiger charge is 2.20. The van der Waals surface area contributed by atoms with E-state index in [1.165, 1.54) is 21.6 Å². The molecule has 1 aliphatic heterocycles. The van der Waals surface area contributed by atoms with Gasteiger partial charge >= 0.3 is 6.09 Å². The molecule has 0 aromatic heterocycles. The van der Waals surface area contributed by atoms with Crippen molar-refractivity contribution < 1.29 is 14.6 Å². The maximum atomic E-state index is 11.0. The average molecular weight is 368 g/mol. The summed E-state index contributed by atoms with van der Waals surface area (Å²) in [6.07, 6.45) is 1.18. The summed E-state index contributed by atoms with van der Waals surface area (Å²) in [6.45, 7) is 6.45. The van der Waals surface area contributed by atoms with Gasteiger partial charge in [-0.25, -0.2) is 4.79 Å². The lowest BCUT2D eigenvalue weighted by Crippen LogP contribution is -2.47. The van der Waals surface area contributed by atoms with Gasteiger partial charge in [0, 0.05) is 32.7 Å². The van der Waals surface area contributed by atoms with Crippen LogP contribution in [0, 0.1) is 6.92 Å². The fraction of sp³-hybridized carbons (Fsp3) is 0.409. The number of benzene rings is 2. The van der Waals surface area contributed by atoms with Gasteiger partial charge in [0.1, 0.15) is 5.75 Å². The molecule has 3 rings (SSSR count). The highest BCUT2D eigenvalue weighted by Crippen LogP contribution is 2.14. The van der Waals surface area contributed by atoms with Crippen LogP contribution in [0.25, 0.3) is 0 Å². The number of amides is 1. The van der Waals surface area contributed by atoms with Crippen LogP contribution in [-0.4, -0.2) is 53.8 Å². The van der Waals surface area contributed by atoms with Crippen LogP contribution in [0.3, 0.4) is 0 Å². The summed E-state index contributed by atoms with van der Waals surface area (Å²) in [5.74, 6) is 0.930. The first kappa shape index (κ1) is 19.2. The van der Waals surface area contributed by atoms with Gasteiger partial charge < -0.3 is 14.7 Å². The molecule has 1 amide bonds. The molecule has 2 aromatic rings. The van der Waals surface area contributed by atoms with Crippen molar-refractivity contribution in [3.05, 3.63) is 65.2 Å². The average Bonchev–Trinajstić information content (AvgIpc) is 2.68. The highest BCUT2D eigenvalue weighted by molar-refractivity contribution is 5.65. The first-order valence-corrected chi connectivity index (χ1v) is 9.58. The number of nitrogens with zero attached hydrogens (tertiary/aromatic N) is 2. The first-order chi connectivity index (χ1) is 13.1. The molecule has 27 heavy (non-hydrogen) atoms. The zero-order chi connectivity index (χ0) is 19.1. The molecular weight excluding hydrogens is 340 g/mol. The van der Waals surface area contributed by atoms with Gasteiger partial charge in [-0.15, -0.1) is 0 Å². The van der Waals surface area contributed by atoms with E-state index in [0.29, 0.717) is 13.1 Å². The van der Waals surface area contributed by atoms with Gasteiger partial charge in [-0.2, -0.15) is 0 Å². The lowest BCUT2D eigenvalue weighted by molar-refractivity contribution is 0.103. The Kier molecular flexibility index (Phi) is 6.71.